The fourth-order valence-electron chi connectivity index (χ4n) is 3.98. The third kappa shape index (κ3) is 3.61. The van der Waals surface area contributed by atoms with E-state index in [1.54, 1.807) is 48.5 Å². The summed E-state index contributed by atoms with van der Waals surface area (Å²) in [4.78, 5) is 41.2. The number of ether oxygens (including phenoxy) is 2. The van der Waals surface area contributed by atoms with E-state index in [4.69, 9.17) is 9.47 Å². The first kappa shape index (κ1) is 19.5. The van der Waals surface area contributed by atoms with Crippen molar-refractivity contribution in [3.63, 3.8) is 0 Å². The molecular formula is C23H23NO5. The van der Waals surface area contributed by atoms with E-state index in [-0.39, 0.29) is 24.6 Å². The van der Waals surface area contributed by atoms with E-state index in [2.05, 4.69) is 4.90 Å². The summed E-state index contributed by atoms with van der Waals surface area (Å²) in [5.41, 5.74) is -0.205. The van der Waals surface area contributed by atoms with Gasteiger partial charge >= 0.3 is 5.97 Å². The largest absolute Gasteiger partial charge is 0.464 e. The zero-order chi connectivity index (χ0) is 20.3. The quantitative estimate of drug-likeness (QED) is 0.554. The van der Waals surface area contributed by atoms with Crippen molar-refractivity contribution in [1.29, 1.82) is 0 Å². The van der Waals surface area contributed by atoms with Crippen molar-refractivity contribution in [1.82, 2.24) is 4.90 Å². The fraction of sp³-hybridized carbons (Fsp3) is 0.348. The lowest BCUT2D eigenvalue weighted by molar-refractivity contribution is -0.145. The number of fused-ring (bicyclic) bond motifs is 1. The topological polar surface area (TPSA) is 72.9 Å². The number of esters is 1. The Hall–Kier alpha value is -2.83. The first-order valence-electron chi connectivity index (χ1n) is 9.83. The summed E-state index contributed by atoms with van der Waals surface area (Å²) in [6, 6.07) is 15.6. The Morgan fingerprint density at radius 3 is 2.14 bits per heavy atom. The smallest absolute Gasteiger partial charge is 0.307 e. The van der Waals surface area contributed by atoms with Gasteiger partial charge < -0.3 is 9.47 Å². The lowest BCUT2D eigenvalue weighted by atomic mass is 9.76. The minimum Gasteiger partial charge on any atom is -0.464 e. The highest BCUT2D eigenvalue weighted by Gasteiger charge is 2.55. The van der Waals surface area contributed by atoms with Crippen molar-refractivity contribution in [3.05, 3.63) is 71.3 Å². The van der Waals surface area contributed by atoms with Gasteiger partial charge in [-0.05, 0) is 5.56 Å². The van der Waals surface area contributed by atoms with Crippen LogP contribution in [0, 0.1) is 0 Å². The van der Waals surface area contributed by atoms with Crippen LogP contribution in [-0.4, -0.2) is 61.9 Å². The molecule has 0 bridgehead atoms. The maximum absolute atomic E-state index is 13.3. The van der Waals surface area contributed by atoms with E-state index in [9.17, 15) is 14.4 Å². The van der Waals surface area contributed by atoms with Gasteiger partial charge in [0.2, 0.25) is 0 Å². The van der Waals surface area contributed by atoms with Crippen molar-refractivity contribution < 1.29 is 23.9 Å². The number of Topliss-reactive ketones (excluding diaryl/α,β-unsaturated/α-hetero) is 2. The Bertz CT molecular complexity index is 883. The molecule has 1 fully saturated rings. The zero-order valence-corrected chi connectivity index (χ0v) is 16.1. The number of carbonyl (C=O) groups is 3. The fourth-order valence-corrected chi connectivity index (χ4v) is 3.98. The van der Waals surface area contributed by atoms with E-state index in [1.807, 2.05) is 6.07 Å². The molecule has 0 saturated carbocycles. The molecule has 0 radical (unpaired) electrons. The van der Waals surface area contributed by atoms with Gasteiger partial charge in [-0.15, -0.1) is 0 Å². The third-order valence-corrected chi connectivity index (χ3v) is 5.64. The van der Waals surface area contributed by atoms with Gasteiger partial charge in [0, 0.05) is 30.8 Å². The molecular weight excluding hydrogens is 370 g/mol. The van der Waals surface area contributed by atoms with Crippen LogP contribution in [0.1, 0.15) is 32.7 Å². The van der Waals surface area contributed by atoms with Crippen LogP contribution >= 0.6 is 0 Å². The Morgan fingerprint density at radius 2 is 1.52 bits per heavy atom. The molecule has 150 valence electrons. The number of hydrogen-bond donors (Lipinski definition) is 0. The lowest BCUT2D eigenvalue weighted by Crippen LogP contribution is -2.44. The molecule has 0 unspecified atom stereocenters. The van der Waals surface area contributed by atoms with Gasteiger partial charge in [0.15, 0.2) is 17.0 Å². The molecule has 2 aliphatic rings. The van der Waals surface area contributed by atoms with Gasteiger partial charge in [-0.2, -0.15) is 0 Å². The number of carbonyl (C=O) groups excluding carboxylic acids is 3. The second-order valence-electron chi connectivity index (χ2n) is 7.34. The van der Waals surface area contributed by atoms with E-state index >= 15 is 0 Å². The predicted molar refractivity (Wildman–Crippen MR) is 106 cm³/mol. The number of morpholine rings is 1. The summed E-state index contributed by atoms with van der Waals surface area (Å²) in [5, 5.41) is 0. The number of ketones is 2. The highest BCUT2D eigenvalue weighted by molar-refractivity contribution is 6.33. The zero-order valence-electron chi connectivity index (χ0n) is 16.1. The van der Waals surface area contributed by atoms with Crippen molar-refractivity contribution >= 4 is 17.5 Å². The molecule has 0 amide bonds. The number of hydrogen-bond acceptors (Lipinski definition) is 6. The molecule has 0 N–H and O–H groups in total. The summed E-state index contributed by atoms with van der Waals surface area (Å²) in [7, 11) is 0. The van der Waals surface area contributed by atoms with Gasteiger partial charge in [-0.25, -0.2) is 0 Å². The monoisotopic (exact) mass is 393 g/mol. The summed E-state index contributed by atoms with van der Waals surface area (Å²) in [5.74, 6) is -1.04. The Labute approximate surface area is 169 Å². The number of rotatable bonds is 6. The molecule has 1 aliphatic heterocycles. The Morgan fingerprint density at radius 1 is 0.931 bits per heavy atom. The molecule has 2 aromatic carbocycles. The van der Waals surface area contributed by atoms with Gasteiger partial charge in [0.05, 0.1) is 19.6 Å². The molecule has 4 rings (SSSR count). The van der Waals surface area contributed by atoms with Crippen molar-refractivity contribution in [3.8, 4) is 0 Å². The molecule has 6 nitrogen and oxygen atoms in total. The Kier molecular flexibility index (Phi) is 5.56. The summed E-state index contributed by atoms with van der Waals surface area (Å²) in [6.45, 7) is 3.18. The molecule has 6 heteroatoms. The van der Waals surface area contributed by atoms with Gasteiger partial charge in [-0.3, -0.25) is 19.3 Å². The number of benzene rings is 2. The number of nitrogens with zero attached hydrogens (tertiary/aromatic N) is 1. The average Bonchev–Trinajstić information content (AvgIpc) is 3.00. The average molecular weight is 393 g/mol. The van der Waals surface area contributed by atoms with Crippen LogP contribution < -0.4 is 0 Å². The normalized spacial score (nSPS) is 18.5. The summed E-state index contributed by atoms with van der Waals surface area (Å²) < 4.78 is 10.8. The second-order valence-corrected chi connectivity index (χ2v) is 7.34. The van der Waals surface area contributed by atoms with Gasteiger partial charge in [0.1, 0.15) is 6.61 Å². The standard InChI is InChI=1S/C23H23NO5/c25-20(10-11-24-12-14-28-15-13-24)29-16-23(17-6-2-1-3-7-17)21(26)18-8-4-5-9-19(18)22(23)27/h1-9H,10-16H2. The second kappa shape index (κ2) is 8.27. The molecule has 2 aromatic rings. The summed E-state index contributed by atoms with van der Waals surface area (Å²) in [6.07, 6.45) is 0.209. The molecule has 29 heavy (non-hydrogen) atoms. The highest BCUT2D eigenvalue weighted by atomic mass is 16.5. The van der Waals surface area contributed by atoms with E-state index < -0.39 is 11.4 Å². The molecule has 1 saturated heterocycles. The first-order chi connectivity index (χ1) is 14.1. The molecule has 0 spiro atoms. The predicted octanol–water partition coefficient (Wildman–Crippen LogP) is 2.27. The van der Waals surface area contributed by atoms with Crippen LogP contribution in [-0.2, 0) is 19.7 Å². The van der Waals surface area contributed by atoms with Crippen LogP contribution in [0.2, 0.25) is 0 Å². The highest BCUT2D eigenvalue weighted by Crippen LogP contribution is 2.40. The van der Waals surface area contributed by atoms with E-state index in [0.717, 1.165) is 13.1 Å². The van der Waals surface area contributed by atoms with Crippen LogP contribution in [0.25, 0.3) is 0 Å². The Balaban J connectivity index is 1.53. The molecule has 1 aliphatic carbocycles. The van der Waals surface area contributed by atoms with Crippen molar-refractivity contribution in [2.24, 2.45) is 0 Å². The minimum atomic E-state index is -1.51. The van der Waals surface area contributed by atoms with Crippen molar-refractivity contribution in [2.75, 3.05) is 39.5 Å². The minimum absolute atomic E-state index is 0.209. The maximum Gasteiger partial charge on any atom is 0.307 e. The van der Waals surface area contributed by atoms with Crippen LogP contribution in [0.4, 0.5) is 0 Å². The van der Waals surface area contributed by atoms with Gasteiger partial charge in [-0.1, -0.05) is 54.6 Å². The summed E-state index contributed by atoms with van der Waals surface area (Å²) >= 11 is 0. The third-order valence-electron chi connectivity index (χ3n) is 5.64. The molecule has 0 aromatic heterocycles. The van der Waals surface area contributed by atoms with E-state index in [0.29, 0.717) is 36.4 Å². The SMILES string of the molecule is O=C(CCN1CCOCC1)OCC1(c2ccccc2)C(=O)c2ccccc2C1=O. The van der Waals surface area contributed by atoms with Crippen LogP contribution in [0.15, 0.2) is 54.6 Å². The first-order valence-corrected chi connectivity index (χ1v) is 9.83. The van der Waals surface area contributed by atoms with E-state index in [1.165, 1.54) is 0 Å². The maximum atomic E-state index is 13.3. The molecule has 0 atom stereocenters. The molecule has 1 heterocycles. The van der Waals surface area contributed by atoms with Gasteiger partial charge in [0.25, 0.3) is 0 Å². The van der Waals surface area contributed by atoms with Crippen LogP contribution in [0.5, 0.6) is 0 Å². The van der Waals surface area contributed by atoms with Crippen molar-refractivity contribution in [2.45, 2.75) is 11.8 Å². The van der Waals surface area contributed by atoms with Crippen LogP contribution in [0.3, 0.4) is 0 Å². The lowest BCUT2D eigenvalue weighted by Gasteiger charge is -2.27.